The highest BCUT2D eigenvalue weighted by atomic mass is 32.1. The van der Waals surface area contributed by atoms with E-state index in [2.05, 4.69) is 10.3 Å². The normalized spacial score (nSPS) is 15.4. The van der Waals surface area contributed by atoms with Gasteiger partial charge in [0.05, 0.1) is 0 Å². The zero-order valence-electron chi connectivity index (χ0n) is 16.6. The Morgan fingerprint density at radius 1 is 1.03 bits per heavy atom. The lowest BCUT2D eigenvalue weighted by Crippen LogP contribution is -2.54. The molecule has 4 rings (SSSR count). The van der Waals surface area contributed by atoms with Gasteiger partial charge < -0.3 is 10.1 Å². The summed E-state index contributed by atoms with van der Waals surface area (Å²) in [4.78, 5) is 29.6. The van der Waals surface area contributed by atoms with Crippen molar-refractivity contribution < 1.29 is 23.5 Å². The Hall–Kier alpha value is -3.85. The van der Waals surface area contributed by atoms with Crippen molar-refractivity contribution in [2.24, 2.45) is 0 Å². The third kappa shape index (κ3) is 4.28. The monoisotopic (exact) mass is 453 g/mol. The van der Waals surface area contributed by atoms with Crippen LogP contribution in [0.2, 0.25) is 0 Å². The first-order chi connectivity index (χ1) is 15.3. The number of aromatic hydroxyl groups is 1. The Morgan fingerprint density at radius 3 is 2.41 bits per heavy atom. The van der Waals surface area contributed by atoms with Crippen LogP contribution in [0.15, 0.2) is 60.2 Å². The molecule has 2 aromatic carbocycles. The van der Waals surface area contributed by atoms with Crippen LogP contribution in [-0.2, 0) is 16.0 Å². The van der Waals surface area contributed by atoms with E-state index in [1.54, 1.807) is 12.1 Å². The molecule has 0 spiro atoms. The van der Waals surface area contributed by atoms with E-state index in [-0.39, 0.29) is 16.2 Å². The Morgan fingerprint density at radius 2 is 1.72 bits per heavy atom. The van der Waals surface area contributed by atoms with Gasteiger partial charge in [-0.25, -0.2) is 8.78 Å². The Kier molecular flexibility index (Phi) is 5.83. The zero-order valence-corrected chi connectivity index (χ0v) is 17.4. The summed E-state index contributed by atoms with van der Waals surface area (Å²) in [5, 5.41) is 11.8. The van der Waals surface area contributed by atoms with Crippen LogP contribution in [0.5, 0.6) is 5.75 Å². The molecule has 3 aromatic rings. The van der Waals surface area contributed by atoms with Gasteiger partial charge in [0.25, 0.3) is 11.8 Å². The maximum Gasteiger partial charge on any atom is 0.265 e. The minimum absolute atomic E-state index is 0.0373. The number of carbonyl (C=O) groups is 2. The van der Waals surface area contributed by atoms with E-state index in [4.69, 9.17) is 12.2 Å². The summed E-state index contributed by atoms with van der Waals surface area (Å²) < 4.78 is 27.3. The summed E-state index contributed by atoms with van der Waals surface area (Å²) >= 11 is 5.16. The van der Waals surface area contributed by atoms with Crippen molar-refractivity contribution >= 4 is 35.2 Å². The highest BCUT2D eigenvalue weighted by molar-refractivity contribution is 7.80. The predicted molar refractivity (Wildman–Crippen MR) is 118 cm³/mol. The summed E-state index contributed by atoms with van der Waals surface area (Å²) in [6.07, 6.45) is 1.91. The molecule has 1 aliphatic heterocycles. The Bertz CT molecular complexity index is 1230. The molecule has 0 atom stereocenters. The molecule has 1 saturated heterocycles. The van der Waals surface area contributed by atoms with Gasteiger partial charge in [-0.15, -0.1) is 0 Å². The predicted octanol–water partition coefficient (Wildman–Crippen LogP) is 3.53. The Labute approximate surface area is 187 Å². The number of nitrogens with zero attached hydrogens (tertiary/aromatic N) is 1. The highest BCUT2D eigenvalue weighted by Crippen LogP contribution is 2.28. The molecule has 0 unspecified atom stereocenters. The number of nitrogens with one attached hydrogen (secondary N) is 2. The third-order valence-corrected chi connectivity index (χ3v) is 5.31. The van der Waals surface area contributed by atoms with Crippen molar-refractivity contribution in [1.29, 1.82) is 0 Å². The molecule has 0 bridgehead atoms. The zero-order chi connectivity index (χ0) is 22.8. The minimum Gasteiger partial charge on any atom is -0.503 e. The van der Waals surface area contributed by atoms with E-state index >= 15 is 0 Å². The SMILES string of the molecule is O=C1NC(=S)N(CCc2ccccc2)C(=O)/C1=C/c1ccc(-c2cc(F)c(O)c(F)c2)[nH]1. The number of thiocarbonyl (C=S) groups is 1. The molecule has 9 heteroatoms. The van der Waals surface area contributed by atoms with Crippen LogP contribution in [0.1, 0.15) is 11.3 Å². The van der Waals surface area contributed by atoms with Crippen LogP contribution in [-0.4, -0.2) is 38.5 Å². The molecular weight excluding hydrogens is 436 g/mol. The molecule has 2 amide bonds. The maximum absolute atomic E-state index is 13.7. The van der Waals surface area contributed by atoms with Gasteiger partial charge in [-0.3, -0.25) is 19.8 Å². The molecule has 3 N–H and O–H groups in total. The molecular formula is C23H17F2N3O3S. The molecule has 1 aliphatic rings. The van der Waals surface area contributed by atoms with Crippen LogP contribution in [0.4, 0.5) is 8.78 Å². The summed E-state index contributed by atoms with van der Waals surface area (Å²) in [6, 6.07) is 14.6. The van der Waals surface area contributed by atoms with Crippen LogP contribution in [0.25, 0.3) is 17.3 Å². The molecule has 0 aliphatic carbocycles. The number of hydrogen-bond acceptors (Lipinski definition) is 4. The van der Waals surface area contributed by atoms with E-state index in [1.807, 2.05) is 30.3 Å². The molecule has 1 fully saturated rings. The number of hydrogen-bond donors (Lipinski definition) is 3. The van der Waals surface area contributed by atoms with Crippen molar-refractivity contribution in [2.75, 3.05) is 6.54 Å². The molecule has 32 heavy (non-hydrogen) atoms. The van der Waals surface area contributed by atoms with Gasteiger partial charge in [0, 0.05) is 23.5 Å². The molecule has 162 valence electrons. The van der Waals surface area contributed by atoms with E-state index in [0.717, 1.165) is 17.7 Å². The Balaban J connectivity index is 1.57. The van der Waals surface area contributed by atoms with E-state index in [9.17, 15) is 23.5 Å². The summed E-state index contributed by atoms with van der Waals surface area (Å²) in [5.74, 6) is -4.42. The van der Waals surface area contributed by atoms with Crippen LogP contribution in [0.3, 0.4) is 0 Å². The highest BCUT2D eigenvalue weighted by Gasteiger charge is 2.33. The van der Waals surface area contributed by atoms with Crippen LogP contribution in [0, 0.1) is 11.6 Å². The smallest absolute Gasteiger partial charge is 0.265 e. The molecule has 0 saturated carbocycles. The second-order valence-corrected chi connectivity index (χ2v) is 7.51. The first kappa shape index (κ1) is 21.4. The van der Waals surface area contributed by atoms with Gasteiger partial charge in [0.15, 0.2) is 22.5 Å². The quantitative estimate of drug-likeness (QED) is 0.314. The fourth-order valence-electron chi connectivity index (χ4n) is 3.32. The minimum atomic E-state index is -1.10. The second kappa shape index (κ2) is 8.72. The van der Waals surface area contributed by atoms with E-state index < -0.39 is 29.2 Å². The summed E-state index contributed by atoms with van der Waals surface area (Å²) in [7, 11) is 0. The lowest BCUT2D eigenvalue weighted by Gasteiger charge is -2.28. The molecule has 0 radical (unpaired) electrons. The van der Waals surface area contributed by atoms with Crippen molar-refractivity contribution in [3.05, 3.63) is 83.1 Å². The topological polar surface area (TPSA) is 85.4 Å². The van der Waals surface area contributed by atoms with Crippen molar-refractivity contribution in [2.45, 2.75) is 6.42 Å². The number of carbonyl (C=O) groups excluding carboxylic acids is 2. The largest absolute Gasteiger partial charge is 0.503 e. The van der Waals surface area contributed by atoms with Gasteiger partial charge in [0.1, 0.15) is 5.57 Å². The number of phenols is 1. The number of benzene rings is 2. The van der Waals surface area contributed by atoms with Gasteiger partial charge in [-0.05, 0) is 54.5 Å². The van der Waals surface area contributed by atoms with Gasteiger partial charge >= 0.3 is 0 Å². The first-order valence-corrected chi connectivity index (χ1v) is 10.0. The van der Waals surface area contributed by atoms with Crippen molar-refractivity contribution in [3.63, 3.8) is 0 Å². The molecule has 2 heterocycles. The average molecular weight is 453 g/mol. The fourth-order valence-corrected chi connectivity index (χ4v) is 3.59. The summed E-state index contributed by atoms with van der Waals surface area (Å²) in [6.45, 7) is 0.293. The van der Waals surface area contributed by atoms with Crippen LogP contribution >= 0.6 is 12.2 Å². The fraction of sp³-hybridized carbons (Fsp3) is 0.0870. The number of aromatic amines is 1. The van der Waals surface area contributed by atoms with E-state index in [0.29, 0.717) is 24.4 Å². The summed E-state index contributed by atoms with van der Waals surface area (Å²) in [5.41, 5.74) is 1.78. The van der Waals surface area contributed by atoms with Crippen molar-refractivity contribution in [3.8, 4) is 17.0 Å². The maximum atomic E-state index is 13.7. The number of phenolic OH excluding ortho intramolecular Hbond substituents is 1. The second-order valence-electron chi connectivity index (χ2n) is 7.13. The third-order valence-electron chi connectivity index (χ3n) is 4.99. The number of rotatable bonds is 5. The number of aromatic nitrogens is 1. The van der Waals surface area contributed by atoms with E-state index in [1.165, 1.54) is 11.0 Å². The number of H-pyrrole nitrogens is 1. The molecule has 1 aromatic heterocycles. The van der Waals surface area contributed by atoms with Gasteiger partial charge in [-0.2, -0.15) is 0 Å². The lowest BCUT2D eigenvalue weighted by atomic mass is 10.1. The first-order valence-electron chi connectivity index (χ1n) is 9.63. The standard InChI is InChI=1S/C23H17F2N3O3S/c24-17-10-14(11-18(25)20(17)29)19-7-6-15(26-19)12-16-21(30)27-23(32)28(22(16)31)9-8-13-4-2-1-3-5-13/h1-7,10-12,26,29H,8-9H2,(H,27,30,32)/b16-12+. The van der Waals surface area contributed by atoms with Gasteiger partial charge in [0.2, 0.25) is 0 Å². The number of amides is 2. The van der Waals surface area contributed by atoms with Crippen LogP contribution < -0.4 is 5.32 Å². The van der Waals surface area contributed by atoms with Gasteiger partial charge in [-0.1, -0.05) is 30.3 Å². The van der Waals surface area contributed by atoms with Crippen molar-refractivity contribution in [1.82, 2.24) is 15.2 Å². The number of halogens is 2. The molecule has 6 nitrogen and oxygen atoms in total. The lowest BCUT2D eigenvalue weighted by molar-refractivity contribution is -0.128. The average Bonchev–Trinajstić information content (AvgIpc) is 3.24.